The van der Waals surface area contributed by atoms with E-state index in [1.54, 1.807) is 70.2 Å². The highest BCUT2D eigenvalue weighted by atomic mass is 35.5. The van der Waals surface area contributed by atoms with E-state index in [1.807, 2.05) is 12.1 Å². The van der Waals surface area contributed by atoms with Crippen LogP contribution >= 0.6 is 34.8 Å². The third kappa shape index (κ3) is 6.06. The molecule has 39 heavy (non-hydrogen) atoms. The molecule has 0 atom stereocenters. The van der Waals surface area contributed by atoms with Crippen LogP contribution in [0.5, 0.6) is 5.75 Å². The third-order valence-electron chi connectivity index (χ3n) is 6.54. The monoisotopic (exact) mass is 583 g/mol. The van der Waals surface area contributed by atoms with Crippen molar-refractivity contribution >= 4 is 46.7 Å². The molecule has 0 saturated carbocycles. The summed E-state index contributed by atoms with van der Waals surface area (Å²) in [6.45, 7) is 0.873. The van der Waals surface area contributed by atoms with Crippen molar-refractivity contribution in [3.8, 4) is 22.7 Å². The van der Waals surface area contributed by atoms with Gasteiger partial charge in [0.1, 0.15) is 11.9 Å². The number of carboxylic acid groups (broad SMARTS) is 1. The Morgan fingerprint density at radius 1 is 0.923 bits per heavy atom. The Balaban J connectivity index is 1.49. The Kier molecular flexibility index (Phi) is 8.12. The first kappa shape index (κ1) is 27.1. The number of piperidine rings is 1. The van der Waals surface area contributed by atoms with Gasteiger partial charge in [-0.1, -0.05) is 65.1 Å². The van der Waals surface area contributed by atoms with Crippen molar-refractivity contribution < 1.29 is 19.4 Å². The third-order valence-corrected chi connectivity index (χ3v) is 7.35. The SMILES string of the molecule is O=C(O)Cc1c(C(=O)N2CCC(Oc3cccc(Cl)c3)CC2)nn(-c2ccccc2Cl)c1-c1ccc(Cl)cc1. The van der Waals surface area contributed by atoms with E-state index in [0.29, 0.717) is 69.3 Å². The number of rotatable bonds is 7. The standard InChI is InChI=1S/C29H24Cl3N3O4/c30-19-10-8-18(9-11-19)28-23(17-26(36)37)27(33-35(28)25-7-2-1-6-24(25)32)29(38)34-14-12-21(13-15-34)39-22-5-3-4-20(31)16-22/h1-11,16,21H,12-15,17H2,(H,36,37). The van der Waals surface area contributed by atoms with Crippen LogP contribution < -0.4 is 4.74 Å². The summed E-state index contributed by atoms with van der Waals surface area (Å²) >= 11 is 18.7. The van der Waals surface area contributed by atoms with Gasteiger partial charge in [-0.25, -0.2) is 4.68 Å². The Morgan fingerprint density at radius 3 is 2.31 bits per heavy atom. The first-order valence-corrected chi connectivity index (χ1v) is 13.5. The van der Waals surface area contributed by atoms with E-state index >= 15 is 0 Å². The lowest BCUT2D eigenvalue weighted by molar-refractivity contribution is -0.136. The number of para-hydroxylation sites is 1. The molecule has 10 heteroatoms. The van der Waals surface area contributed by atoms with E-state index in [2.05, 4.69) is 5.10 Å². The number of carbonyl (C=O) groups excluding carboxylic acids is 1. The van der Waals surface area contributed by atoms with Crippen molar-refractivity contribution in [2.24, 2.45) is 0 Å². The Morgan fingerprint density at radius 2 is 1.64 bits per heavy atom. The van der Waals surface area contributed by atoms with Crippen LogP contribution in [0.3, 0.4) is 0 Å². The highest BCUT2D eigenvalue weighted by Gasteiger charge is 2.32. The fourth-order valence-corrected chi connectivity index (χ4v) is 5.22. The molecule has 1 fully saturated rings. The lowest BCUT2D eigenvalue weighted by Gasteiger charge is -2.32. The van der Waals surface area contributed by atoms with E-state index in [-0.39, 0.29) is 17.7 Å². The zero-order valence-electron chi connectivity index (χ0n) is 20.7. The molecule has 2 heterocycles. The molecular weight excluding hydrogens is 561 g/mol. The molecule has 0 radical (unpaired) electrons. The molecule has 4 aromatic rings. The predicted octanol–water partition coefficient (Wildman–Crippen LogP) is 6.81. The second-order valence-electron chi connectivity index (χ2n) is 9.18. The molecule has 0 bridgehead atoms. The maximum Gasteiger partial charge on any atom is 0.307 e. The predicted molar refractivity (Wildman–Crippen MR) is 151 cm³/mol. The van der Waals surface area contributed by atoms with Gasteiger partial charge in [0.25, 0.3) is 5.91 Å². The van der Waals surface area contributed by atoms with Gasteiger partial charge in [-0.3, -0.25) is 9.59 Å². The molecule has 3 aromatic carbocycles. The summed E-state index contributed by atoms with van der Waals surface area (Å²) in [4.78, 5) is 27.5. The molecule has 5 rings (SSSR count). The van der Waals surface area contributed by atoms with Crippen molar-refractivity contribution in [1.82, 2.24) is 14.7 Å². The van der Waals surface area contributed by atoms with Crippen molar-refractivity contribution in [2.45, 2.75) is 25.4 Å². The lowest BCUT2D eigenvalue weighted by atomic mass is 10.0. The topological polar surface area (TPSA) is 84.7 Å². The number of benzene rings is 3. The number of aromatic nitrogens is 2. The quantitative estimate of drug-likeness (QED) is 0.258. The summed E-state index contributed by atoms with van der Waals surface area (Å²) < 4.78 is 7.61. The van der Waals surface area contributed by atoms with Crippen LogP contribution in [-0.2, 0) is 11.2 Å². The van der Waals surface area contributed by atoms with E-state index < -0.39 is 12.4 Å². The number of aliphatic carboxylic acids is 1. The van der Waals surface area contributed by atoms with Crippen molar-refractivity contribution in [2.75, 3.05) is 13.1 Å². The number of amides is 1. The van der Waals surface area contributed by atoms with Gasteiger partial charge in [-0.15, -0.1) is 0 Å². The summed E-state index contributed by atoms with van der Waals surface area (Å²) in [5, 5.41) is 16.0. The van der Waals surface area contributed by atoms with Crippen LogP contribution in [0.1, 0.15) is 28.9 Å². The fraction of sp³-hybridized carbons (Fsp3) is 0.207. The zero-order chi connectivity index (χ0) is 27.5. The number of carbonyl (C=O) groups is 2. The van der Waals surface area contributed by atoms with Gasteiger partial charge >= 0.3 is 5.97 Å². The molecule has 0 unspecified atom stereocenters. The van der Waals surface area contributed by atoms with Gasteiger partial charge in [0.2, 0.25) is 0 Å². The van der Waals surface area contributed by atoms with E-state index in [4.69, 9.17) is 39.5 Å². The fourth-order valence-electron chi connectivity index (χ4n) is 4.70. The molecule has 7 nitrogen and oxygen atoms in total. The summed E-state index contributed by atoms with van der Waals surface area (Å²) in [6, 6.07) is 21.2. The minimum absolute atomic E-state index is 0.0729. The maximum absolute atomic E-state index is 13.8. The van der Waals surface area contributed by atoms with Crippen molar-refractivity contribution in [3.63, 3.8) is 0 Å². The largest absolute Gasteiger partial charge is 0.490 e. The number of hydrogen-bond donors (Lipinski definition) is 1. The van der Waals surface area contributed by atoms with Gasteiger partial charge in [0, 0.05) is 47.1 Å². The maximum atomic E-state index is 13.8. The molecule has 0 spiro atoms. The molecule has 1 aromatic heterocycles. The molecule has 200 valence electrons. The minimum Gasteiger partial charge on any atom is -0.490 e. The second-order valence-corrected chi connectivity index (χ2v) is 10.5. The second kappa shape index (κ2) is 11.7. The van der Waals surface area contributed by atoms with E-state index in [9.17, 15) is 14.7 Å². The van der Waals surface area contributed by atoms with Gasteiger partial charge < -0.3 is 14.7 Å². The minimum atomic E-state index is -1.08. The average Bonchev–Trinajstić information content (AvgIpc) is 3.27. The summed E-state index contributed by atoms with van der Waals surface area (Å²) in [5.41, 5.74) is 2.06. The number of ether oxygens (including phenoxy) is 1. The molecular formula is C29H24Cl3N3O4. The normalized spacial score (nSPS) is 13.9. The number of carboxylic acids is 1. The summed E-state index contributed by atoms with van der Waals surface area (Å²) in [5.74, 6) is -0.734. The molecule has 1 aliphatic heterocycles. The molecule has 0 aliphatic carbocycles. The van der Waals surface area contributed by atoms with Gasteiger partial charge in [-0.2, -0.15) is 5.10 Å². The summed E-state index contributed by atoms with van der Waals surface area (Å²) in [6.07, 6.45) is 0.762. The molecule has 1 amide bonds. The smallest absolute Gasteiger partial charge is 0.307 e. The number of nitrogens with zero attached hydrogens (tertiary/aromatic N) is 3. The first-order chi connectivity index (χ1) is 18.8. The number of likely N-dealkylation sites (tertiary alicyclic amines) is 1. The highest BCUT2D eigenvalue weighted by molar-refractivity contribution is 6.32. The molecule has 1 saturated heterocycles. The van der Waals surface area contributed by atoms with Gasteiger partial charge in [0.15, 0.2) is 5.69 Å². The number of hydrogen-bond acceptors (Lipinski definition) is 4. The first-order valence-electron chi connectivity index (χ1n) is 12.4. The Hall–Kier alpha value is -3.52. The Bertz CT molecular complexity index is 1510. The molecule has 1 aliphatic rings. The van der Waals surface area contributed by atoms with Gasteiger partial charge in [-0.05, 0) is 42.5 Å². The number of halogens is 3. The zero-order valence-corrected chi connectivity index (χ0v) is 23.0. The lowest BCUT2D eigenvalue weighted by Crippen LogP contribution is -2.42. The highest BCUT2D eigenvalue weighted by Crippen LogP contribution is 2.34. The van der Waals surface area contributed by atoms with Crippen molar-refractivity contribution in [3.05, 3.63) is 99.1 Å². The van der Waals surface area contributed by atoms with Crippen molar-refractivity contribution in [1.29, 1.82) is 0 Å². The molecule has 1 N–H and O–H groups in total. The summed E-state index contributed by atoms with van der Waals surface area (Å²) in [7, 11) is 0. The van der Waals surface area contributed by atoms with Crippen LogP contribution in [0.2, 0.25) is 15.1 Å². The van der Waals surface area contributed by atoms with Crippen LogP contribution in [0, 0.1) is 0 Å². The van der Waals surface area contributed by atoms with Gasteiger partial charge in [0.05, 0.1) is 22.8 Å². The van der Waals surface area contributed by atoms with Crippen LogP contribution in [-0.4, -0.2) is 50.9 Å². The van der Waals surface area contributed by atoms with E-state index in [0.717, 1.165) is 0 Å². The van der Waals surface area contributed by atoms with Crippen LogP contribution in [0.15, 0.2) is 72.8 Å². The Labute approximate surface area is 240 Å². The average molecular weight is 585 g/mol. The van der Waals surface area contributed by atoms with Crippen LogP contribution in [0.4, 0.5) is 0 Å². The van der Waals surface area contributed by atoms with E-state index in [1.165, 1.54) is 0 Å². The van der Waals surface area contributed by atoms with Crippen LogP contribution in [0.25, 0.3) is 16.9 Å².